The smallest absolute Gasteiger partial charge is 0.368 e. The first-order chi connectivity index (χ1) is 13.6. The number of halogens is 3. The van der Waals surface area contributed by atoms with Gasteiger partial charge in [-0.05, 0) is 38.2 Å². The molecule has 2 heterocycles. The lowest BCUT2D eigenvalue weighted by Gasteiger charge is -2.34. The molecule has 2 aliphatic rings. The van der Waals surface area contributed by atoms with E-state index in [0.717, 1.165) is 31.6 Å². The molecule has 1 aliphatic carbocycles. The number of amidine groups is 2. The molecule has 4 N–H and O–H groups in total. The van der Waals surface area contributed by atoms with Crippen LogP contribution >= 0.6 is 0 Å². The molecule has 3 rings (SSSR count). The Morgan fingerprint density at radius 3 is 2.41 bits per heavy atom. The Morgan fingerprint density at radius 1 is 1.21 bits per heavy atom. The van der Waals surface area contributed by atoms with Crippen molar-refractivity contribution < 1.29 is 13.2 Å². The molecule has 0 radical (unpaired) electrons. The van der Waals surface area contributed by atoms with Crippen molar-refractivity contribution in [3.63, 3.8) is 0 Å². The number of nitrogen functional groups attached to an aromatic ring is 1. The molecule has 9 heteroatoms. The summed E-state index contributed by atoms with van der Waals surface area (Å²) in [6.45, 7) is 5.73. The van der Waals surface area contributed by atoms with E-state index < -0.39 is 11.7 Å². The van der Waals surface area contributed by atoms with Crippen LogP contribution in [0.25, 0.3) is 5.57 Å². The molecule has 0 aromatic carbocycles. The van der Waals surface area contributed by atoms with Gasteiger partial charge in [0.25, 0.3) is 0 Å². The minimum absolute atomic E-state index is 0.198. The Hall–Kier alpha value is -2.45. The highest BCUT2D eigenvalue weighted by molar-refractivity contribution is 5.99. The zero-order valence-corrected chi connectivity index (χ0v) is 16.8. The number of hydrogen-bond acceptors (Lipinski definition) is 5. The summed E-state index contributed by atoms with van der Waals surface area (Å²) in [4.78, 5) is 8.74. The van der Waals surface area contributed by atoms with Crippen molar-refractivity contribution in [3.05, 3.63) is 24.0 Å². The fraction of sp³-hybridized carbons (Fsp3) is 0.600. The van der Waals surface area contributed by atoms with Gasteiger partial charge in [0.2, 0.25) is 5.95 Å². The van der Waals surface area contributed by atoms with E-state index in [1.807, 2.05) is 4.90 Å². The highest BCUT2D eigenvalue weighted by atomic mass is 19.4. The van der Waals surface area contributed by atoms with Crippen LogP contribution in [0.5, 0.6) is 0 Å². The van der Waals surface area contributed by atoms with E-state index >= 15 is 0 Å². The van der Waals surface area contributed by atoms with Gasteiger partial charge in [-0.2, -0.15) is 13.2 Å². The number of piperidine rings is 1. The second kappa shape index (κ2) is 9.84. The lowest BCUT2D eigenvalue weighted by molar-refractivity contribution is -0.138. The molecule has 0 amide bonds. The first-order valence-corrected chi connectivity index (χ1v) is 9.90. The Labute approximate surface area is 169 Å². The van der Waals surface area contributed by atoms with Crippen LogP contribution in [0, 0.1) is 16.7 Å². The molecule has 0 bridgehead atoms. The van der Waals surface area contributed by atoms with Crippen molar-refractivity contribution in [1.82, 2.24) is 14.9 Å². The van der Waals surface area contributed by atoms with Crippen LogP contribution in [0.2, 0.25) is 0 Å². The number of likely N-dealkylation sites (tertiary alicyclic amines) is 1. The van der Waals surface area contributed by atoms with E-state index in [1.165, 1.54) is 39.0 Å². The molecule has 6 nitrogen and oxygen atoms in total. The summed E-state index contributed by atoms with van der Waals surface area (Å²) in [5.41, 5.74) is 4.20. The largest absolute Gasteiger partial charge is 0.419 e. The molecular formula is C20H29F3N6. The van der Waals surface area contributed by atoms with Gasteiger partial charge in [0.05, 0.1) is 11.3 Å². The van der Waals surface area contributed by atoms with Crippen LogP contribution in [0.4, 0.5) is 19.1 Å². The van der Waals surface area contributed by atoms with Crippen LogP contribution < -0.4 is 5.73 Å². The number of nitrogens with two attached hydrogens (primary N) is 1. The third-order valence-electron chi connectivity index (χ3n) is 5.17. The monoisotopic (exact) mass is 410 g/mol. The second-order valence-electron chi connectivity index (χ2n) is 7.54. The van der Waals surface area contributed by atoms with E-state index in [-0.39, 0.29) is 17.2 Å². The summed E-state index contributed by atoms with van der Waals surface area (Å²) in [5, 5.41) is 16.1. The summed E-state index contributed by atoms with van der Waals surface area (Å²) in [7, 11) is 0. The maximum atomic E-state index is 12.4. The Morgan fingerprint density at radius 2 is 1.86 bits per heavy atom. The Balaban J connectivity index is 0.000000208. The number of nitrogens with one attached hydrogen (secondary N) is 2. The van der Waals surface area contributed by atoms with E-state index in [4.69, 9.17) is 16.6 Å². The third-order valence-corrected chi connectivity index (χ3v) is 5.17. The molecular weight excluding hydrogens is 381 g/mol. The van der Waals surface area contributed by atoms with E-state index in [2.05, 4.69) is 16.5 Å². The molecule has 1 saturated carbocycles. The quantitative estimate of drug-likeness (QED) is 0.465. The molecule has 1 aromatic rings. The molecule has 2 fully saturated rings. The minimum atomic E-state index is -4.48. The van der Waals surface area contributed by atoms with Gasteiger partial charge < -0.3 is 10.6 Å². The zero-order valence-electron chi connectivity index (χ0n) is 16.8. The van der Waals surface area contributed by atoms with Crippen LogP contribution in [0.3, 0.4) is 0 Å². The highest BCUT2D eigenvalue weighted by Gasteiger charge is 2.35. The average molecular weight is 410 g/mol. The minimum Gasteiger partial charge on any atom is -0.368 e. The van der Waals surface area contributed by atoms with Crippen molar-refractivity contribution in [3.8, 4) is 0 Å². The summed E-state index contributed by atoms with van der Waals surface area (Å²) < 4.78 is 37.1. The molecule has 1 aromatic heterocycles. The lowest BCUT2D eigenvalue weighted by Crippen LogP contribution is -2.43. The van der Waals surface area contributed by atoms with E-state index in [1.54, 1.807) is 0 Å². The third kappa shape index (κ3) is 6.27. The van der Waals surface area contributed by atoms with Crippen LogP contribution in [-0.4, -0.2) is 33.1 Å². The van der Waals surface area contributed by atoms with E-state index in [9.17, 15) is 13.2 Å². The fourth-order valence-corrected chi connectivity index (χ4v) is 3.62. The number of nitrogens with zero attached hydrogens (tertiary/aromatic N) is 3. The normalized spacial score (nSPS) is 18.1. The molecule has 0 spiro atoms. The van der Waals surface area contributed by atoms with Crippen LogP contribution in [0.15, 0.2) is 12.8 Å². The first-order valence-electron chi connectivity index (χ1n) is 9.90. The van der Waals surface area contributed by atoms with Crippen molar-refractivity contribution in [2.45, 2.75) is 64.5 Å². The van der Waals surface area contributed by atoms with Gasteiger partial charge in [0.15, 0.2) is 0 Å². The van der Waals surface area contributed by atoms with Gasteiger partial charge in [-0.1, -0.05) is 25.8 Å². The van der Waals surface area contributed by atoms with Crippen molar-refractivity contribution in [2.24, 2.45) is 5.92 Å². The van der Waals surface area contributed by atoms with Gasteiger partial charge >= 0.3 is 6.18 Å². The molecule has 1 aliphatic heterocycles. The number of anilines is 1. The summed E-state index contributed by atoms with van der Waals surface area (Å²) >= 11 is 0. The zero-order chi connectivity index (χ0) is 21.6. The summed E-state index contributed by atoms with van der Waals surface area (Å²) in [6, 6.07) is 0. The van der Waals surface area contributed by atoms with Gasteiger partial charge in [-0.15, -0.1) is 0 Å². The molecule has 29 heavy (non-hydrogen) atoms. The van der Waals surface area contributed by atoms with Gasteiger partial charge in [0.1, 0.15) is 11.7 Å². The second-order valence-corrected chi connectivity index (χ2v) is 7.54. The summed E-state index contributed by atoms with van der Waals surface area (Å²) in [5.74, 6) is 1.66. The number of allylic oxidation sites excluding steroid dienone is 1. The van der Waals surface area contributed by atoms with Crippen LogP contribution in [-0.2, 0) is 6.18 Å². The molecule has 1 saturated heterocycles. The SMILES string of the molecule is C=C(C)c1nc(N)ncc1C(F)(F)F.N=C1CCCCN1C(=N)C1CCCCC1. The number of hydrogen-bond donors (Lipinski definition) is 3. The average Bonchev–Trinajstić information content (AvgIpc) is 2.68. The Bertz CT molecular complexity index is 753. The number of aromatic nitrogens is 2. The maximum absolute atomic E-state index is 12.4. The fourth-order valence-electron chi connectivity index (χ4n) is 3.62. The Kier molecular flexibility index (Phi) is 7.75. The maximum Gasteiger partial charge on any atom is 0.419 e. The summed E-state index contributed by atoms with van der Waals surface area (Å²) in [6.07, 6.45) is 5.54. The lowest BCUT2D eigenvalue weighted by atomic mass is 9.87. The first kappa shape index (κ1) is 22.8. The number of rotatable bonds is 2. The number of alkyl halides is 3. The highest BCUT2D eigenvalue weighted by Crippen LogP contribution is 2.33. The predicted molar refractivity (Wildman–Crippen MR) is 109 cm³/mol. The van der Waals surface area contributed by atoms with Crippen molar-refractivity contribution in [1.29, 1.82) is 10.8 Å². The molecule has 0 unspecified atom stereocenters. The predicted octanol–water partition coefficient (Wildman–Crippen LogP) is 5.12. The van der Waals surface area contributed by atoms with E-state index in [0.29, 0.717) is 18.0 Å². The van der Waals surface area contributed by atoms with Crippen LogP contribution in [0.1, 0.15) is 69.5 Å². The molecule has 160 valence electrons. The van der Waals surface area contributed by atoms with Crippen molar-refractivity contribution in [2.75, 3.05) is 12.3 Å². The van der Waals surface area contributed by atoms with Gasteiger partial charge in [-0.3, -0.25) is 10.8 Å². The molecule has 0 atom stereocenters. The topological polar surface area (TPSA) is 103 Å². The standard InChI is InChI=1S/C12H21N3.C8H8F3N3/c13-11-8-4-5-9-15(11)12(14)10-6-2-1-3-7-10;1-4(2)6-5(8(9,10)11)3-13-7(12)14-6/h10,13-14H,1-9H2;3H,1H2,2H3,(H2,12,13,14). The van der Waals surface area contributed by atoms with Gasteiger partial charge in [0, 0.05) is 25.1 Å². The van der Waals surface area contributed by atoms with Crippen molar-refractivity contribution >= 4 is 23.2 Å². The van der Waals surface area contributed by atoms with Gasteiger partial charge in [-0.25, -0.2) is 9.97 Å².